The van der Waals surface area contributed by atoms with Crippen molar-refractivity contribution in [3.63, 3.8) is 0 Å². The zero-order valence-electron chi connectivity index (χ0n) is 8.59. The molecule has 0 atom stereocenters. The molecule has 0 saturated heterocycles. The summed E-state index contributed by atoms with van der Waals surface area (Å²) in [5.41, 5.74) is 2.41. The zero-order valence-corrected chi connectivity index (χ0v) is 8.59. The summed E-state index contributed by atoms with van der Waals surface area (Å²) in [6, 6.07) is 8.23. The van der Waals surface area contributed by atoms with Crippen LogP contribution in [0.4, 0.5) is 0 Å². The van der Waals surface area contributed by atoms with Gasteiger partial charge in [-0.2, -0.15) is 0 Å². The van der Waals surface area contributed by atoms with Crippen molar-refractivity contribution in [2.45, 2.75) is 26.3 Å². The Labute approximate surface area is 85.1 Å². The highest BCUT2D eigenvalue weighted by molar-refractivity contribution is 6.00. The van der Waals surface area contributed by atoms with Crippen LogP contribution in [0.5, 0.6) is 0 Å². The summed E-state index contributed by atoms with van der Waals surface area (Å²) in [5.74, 6) is 0.703. The molecule has 1 aromatic rings. The molecule has 14 heavy (non-hydrogen) atoms. The Morgan fingerprint density at radius 2 is 2.14 bits per heavy atom. The molecule has 1 aromatic carbocycles. The SMILES string of the molecule is CCCCN1Cc2ccccc2C1=N. The predicted octanol–water partition coefficient (Wildman–Crippen LogP) is 2.63. The lowest BCUT2D eigenvalue weighted by molar-refractivity contribution is 0.416. The molecule has 0 fully saturated rings. The number of benzene rings is 1. The second-order valence-electron chi connectivity index (χ2n) is 3.78. The van der Waals surface area contributed by atoms with Crippen LogP contribution in [-0.2, 0) is 6.54 Å². The van der Waals surface area contributed by atoms with Crippen LogP contribution >= 0.6 is 0 Å². The standard InChI is InChI=1S/C12H16N2/c1-2-3-8-14-9-10-6-4-5-7-11(10)12(14)13/h4-7,13H,2-3,8-9H2,1H3. The van der Waals surface area contributed by atoms with Crippen molar-refractivity contribution in [2.75, 3.05) is 6.54 Å². The van der Waals surface area contributed by atoms with Crippen molar-refractivity contribution < 1.29 is 0 Å². The molecule has 0 bridgehead atoms. The van der Waals surface area contributed by atoms with Gasteiger partial charge in [0.25, 0.3) is 0 Å². The van der Waals surface area contributed by atoms with E-state index in [2.05, 4.69) is 24.0 Å². The normalized spacial score (nSPS) is 14.6. The Balaban J connectivity index is 2.13. The third-order valence-corrected chi connectivity index (χ3v) is 2.73. The third-order valence-electron chi connectivity index (χ3n) is 2.73. The van der Waals surface area contributed by atoms with Gasteiger partial charge in [-0.25, -0.2) is 0 Å². The summed E-state index contributed by atoms with van der Waals surface area (Å²) in [6.45, 7) is 4.13. The number of rotatable bonds is 3. The van der Waals surface area contributed by atoms with Crippen molar-refractivity contribution >= 4 is 5.84 Å². The molecular formula is C12H16N2. The minimum absolute atomic E-state index is 0.703. The molecule has 0 aromatic heterocycles. The lowest BCUT2D eigenvalue weighted by Crippen LogP contribution is -2.24. The fourth-order valence-electron chi connectivity index (χ4n) is 1.88. The first-order valence-electron chi connectivity index (χ1n) is 5.24. The summed E-state index contributed by atoms with van der Waals surface area (Å²) >= 11 is 0. The smallest absolute Gasteiger partial charge is 0.128 e. The Morgan fingerprint density at radius 1 is 1.36 bits per heavy atom. The van der Waals surface area contributed by atoms with Gasteiger partial charge in [0.1, 0.15) is 5.84 Å². The van der Waals surface area contributed by atoms with E-state index in [1.165, 1.54) is 18.4 Å². The molecule has 1 aliphatic rings. The number of hydrogen-bond acceptors (Lipinski definition) is 1. The molecule has 0 saturated carbocycles. The highest BCUT2D eigenvalue weighted by Gasteiger charge is 2.22. The number of fused-ring (bicyclic) bond motifs is 1. The summed E-state index contributed by atoms with van der Waals surface area (Å²) in [7, 11) is 0. The lowest BCUT2D eigenvalue weighted by Gasteiger charge is -2.16. The minimum Gasteiger partial charge on any atom is -0.352 e. The molecule has 2 rings (SSSR count). The van der Waals surface area contributed by atoms with Gasteiger partial charge in [0.2, 0.25) is 0 Å². The largest absolute Gasteiger partial charge is 0.352 e. The molecule has 0 unspecified atom stereocenters. The summed E-state index contributed by atoms with van der Waals surface area (Å²) < 4.78 is 0. The van der Waals surface area contributed by atoms with Crippen LogP contribution in [0.15, 0.2) is 24.3 Å². The molecule has 0 amide bonds. The zero-order chi connectivity index (χ0) is 9.97. The third kappa shape index (κ3) is 1.52. The van der Waals surface area contributed by atoms with Gasteiger partial charge < -0.3 is 4.90 Å². The van der Waals surface area contributed by atoms with Crippen LogP contribution in [0.1, 0.15) is 30.9 Å². The van der Waals surface area contributed by atoms with Crippen LogP contribution in [0.25, 0.3) is 0 Å². The molecule has 2 heteroatoms. The van der Waals surface area contributed by atoms with E-state index < -0.39 is 0 Å². The van der Waals surface area contributed by atoms with E-state index in [4.69, 9.17) is 5.41 Å². The van der Waals surface area contributed by atoms with Crippen molar-refractivity contribution in [2.24, 2.45) is 0 Å². The van der Waals surface area contributed by atoms with Crippen molar-refractivity contribution in [1.82, 2.24) is 4.90 Å². The summed E-state index contributed by atoms with van der Waals surface area (Å²) in [4.78, 5) is 2.16. The van der Waals surface area contributed by atoms with Crippen LogP contribution < -0.4 is 0 Å². The van der Waals surface area contributed by atoms with Crippen LogP contribution in [0, 0.1) is 5.41 Å². The minimum atomic E-state index is 0.703. The second-order valence-corrected chi connectivity index (χ2v) is 3.78. The van der Waals surface area contributed by atoms with E-state index in [1.54, 1.807) is 0 Å². The first kappa shape index (κ1) is 9.25. The van der Waals surface area contributed by atoms with Gasteiger partial charge in [-0.15, -0.1) is 0 Å². The Bertz CT molecular complexity index is 344. The molecule has 74 valence electrons. The fourth-order valence-corrected chi connectivity index (χ4v) is 1.88. The maximum absolute atomic E-state index is 7.99. The highest BCUT2D eigenvalue weighted by Crippen LogP contribution is 2.22. The van der Waals surface area contributed by atoms with Gasteiger partial charge in [-0.05, 0) is 12.0 Å². The van der Waals surface area contributed by atoms with Gasteiger partial charge in [-0.3, -0.25) is 5.41 Å². The van der Waals surface area contributed by atoms with Gasteiger partial charge in [0, 0.05) is 18.7 Å². The Hall–Kier alpha value is -1.31. The molecule has 1 heterocycles. The number of nitrogens with zero attached hydrogens (tertiary/aromatic N) is 1. The molecule has 1 aliphatic heterocycles. The summed E-state index contributed by atoms with van der Waals surface area (Å²) in [5, 5.41) is 7.99. The van der Waals surface area contributed by atoms with Gasteiger partial charge in [0.05, 0.1) is 0 Å². The molecular weight excluding hydrogens is 172 g/mol. The van der Waals surface area contributed by atoms with Crippen molar-refractivity contribution in [1.29, 1.82) is 5.41 Å². The average molecular weight is 188 g/mol. The van der Waals surface area contributed by atoms with E-state index in [1.807, 2.05) is 12.1 Å². The molecule has 1 N–H and O–H groups in total. The quantitative estimate of drug-likeness (QED) is 0.775. The number of unbranched alkanes of at least 4 members (excludes halogenated alkanes) is 1. The maximum Gasteiger partial charge on any atom is 0.128 e. The Morgan fingerprint density at radius 3 is 2.86 bits per heavy atom. The Kier molecular flexibility index (Phi) is 2.53. The van der Waals surface area contributed by atoms with Gasteiger partial charge in [0.15, 0.2) is 0 Å². The predicted molar refractivity (Wildman–Crippen MR) is 58.6 cm³/mol. The van der Waals surface area contributed by atoms with Gasteiger partial charge in [-0.1, -0.05) is 37.6 Å². The molecule has 0 aliphatic carbocycles. The first-order chi connectivity index (χ1) is 6.83. The van der Waals surface area contributed by atoms with Crippen molar-refractivity contribution in [3.8, 4) is 0 Å². The monoisotopic (exact) mass is 188 g/mol. The van der Waals surface area contributed by atoms with Gasteiger partial charge >= 0.3 is 0 Å². The lowest BCUT2D eigenvalue weighted by atomic mass is 10.1. The second kappa shape index (κ2) is 3.82. The van der Waals surface area contributed by atoms with E-state index in [9.17, 15) is 0 Å². The van der Waals surface area contributed by atoms with E-state index in [-0.39, 0.29) is 0 Å². The van der Waals surface area contributed by atoms with Crippen LogP contribution in [0.2, 0.25) is 0 Å². The van der Waals surface area contributed by atoms with E-state index in [0.717, 1.165) is 18.7 Å². The fraction of sp³-hybridized carbons (Fsp3) is 0.417. The molecule has 0 spiro atoms. The number of nitrogens with one attached hydrogen (secondary N) is 1. The van der Waals surface area contributed by atoms with Crippen molar-refractivity contribution in [3.05, 3.63) is 35.4 Å². The number of amidine groups is 1. The highest BCUT2D eigenvalue weighted by atomic mass is 15.2. The van der Waals surface area contributed by atoms with E-state index >= 15 is 0 Å². The number of hydrogen-bond donors (Lipinski definition) is 1. The molecule has 2 nitrogen and oxygen atoms in total. The molecule has 0 radical (unpaired) electrons. The van der Waals surface area contributed by atoms with Crippen LogP contribution in [0.3, 0.4) is 0 Å². The topological polar surface area (TPSA) is 27.1 Å². The summed E-state index contributed by atoms with van der Waals surface area (Å²) in [6.07, 6.45) is 2.37. The van der Waals surface area contributed by atoms with E-state index in [0.29, 0.717) is 5.84 Å². The average Bonchev–Trinajstić information content (AvgIpc) is 2.54. The maximum atomic E-state index is 7.99. The first-order valence-corrected chi connectivity index (χ1v) is 5.24. The van der Waals surface area contributed by atoms with Crippen LogP contribution in [-0.4, -0.2) is 17.3 Å².